The van der Waals surface area contributed by atoms with E-state index in [0.29, 0.717) is 5.92 Å². The molecule has 0 radical (unpaired) electrons. The van der Waals surface area contributed by atoms with E-state index in [9.17, 15) is 0 Å². The summed E-state index contributed by atoms with van der Waals surface area (Å²) < 4.78 is 0. The molecule has 10 heavy (non-hydrogen) atoms. The standard InChI is InChI=1S/C7H16N2.ClH/c1-4-7(9-8)5-6(2)3;/h4,6-7,9H,1,5,8H2,2-3H3;1H. The molecule has 2 nitrogen and oxygen atoms in total. The van der Waals surface area contributed by atoms with E-state index in [4.69, 9.17) is 5.84 Å². The van der Waals surface area contributed by atoms with Crippen LogP contribution in [0.25, 0.3) is 0 Å². The lowest BCUT2D eigenvalue weighted by Crippen LogP contribution is -2.34. The topological polar surface area (TPSA) is 38.0 Å². The summed E-state index contributed by atoms with van der Waals surface area (Å²) in [5.74, 6) is 5.88. The van der Waals surface area contributed by atoms with Crippen molar-refractivity contribution in [2.24, 2.45) is 11.8 Å². The van der Waals surface area contributed by atoms with Gasteiger partial charge in [-0.1, -0.05) is 19.9 Å². The zero-order chi connectivity index (χ0) is 7.28. The minimum Gasteiger partial charge on any atom is -0.271 e. The molecule has 0 aromatic rings. The summed E-state index contributed by atoms with van der Waals surface area (Å²) in [4.78, 5) is 0. The maximum atomic E-state index is 5.21. The number of rotatable bonds is 4. The lowest BCUT2D eigenvalue weighted by Gasteiger charge is -2.12. The molecular weight excluding hydrogens is 148 g/mol. The van der Waals surface area contributed by atoms with Crippen molar-refractivity contribution in [2.75, 3.05) is 0 Å². The first-order valence-electron chi connectivity index (χ1n) is 3.29. The van der Waals surface area contributed by atoms with Crippen molar-refractivity contribution in [2.45, 2.75) is 26.3 Å². The van der Waals surface area contributed by atoms with E-state index in [1.165, 1.54) is 0 Å². The Kier molecular flexibility index (Phi) is 8.91. The highest BCUT2D eigenvalue weighted by Crippen LogP contribution is 2.03. The van der Waals surface area contributed by atoms with E-state index >= 15 is 0 Å². The van der Waals surface area contributed by atoms with Crippen molar-refractivity contribution >= 4 is 12.4 Å². The summed E-state index contributed by atoms with van der Waals surface area (Å²) in [6.45, 7) is 7.96. The first kappa shape index (κ1) is 12.6. The van der Waals surface area contributed by atoms with Gasteiger partial charge in [0, 0.05) is 6.04 Å². The maximum absolute atomic E-state index is 5.21. The van der Waals surface area contributed by atoms with Gasteiger partial charge in [0.25, 0.3) is 0 Å². The monoisotopic (exact) mass is 164 g/mol. The Morgan fingerprint density at radius 1 is 1.60 bits per heavy atom. The molecule has 0 saturated heterocycles. The summed E-state index contributed by atoms with van der Waals surface area (Å²) in [7, 11) is 0. The van der Waals surface area contributed by atoms with Crippen LogP contribution in [-0.4, -0.2) is 6.04 Å². The molecule has 3 N–H and O–H groups in total. The molecule has 62 valence electrons. The highest BCUT2D eigenvalue weighted by atomic mass is 35.5. The van der Waals surface area contributed by atoms with Crippen LogP contribution >= 0.6 is 12.4 Å². The van der Waals surface area contributed by atoms with Crippen LogP contribution in [0.3, 0.4) is 0 Å². The fraction of sp³-hybridized carbons (Fsp3) is 0.714. The average Bonchev–Trinajstić information content (AvgIpc) is 1.82. The van der Waals surface area contributed by atoms with Gasteiger partial charge in [-0.15, -0.1) is 19.0 Å². The molecule has 0 amide bonds. The Labute approximate surface area is 69.3 Å². The predicted octanol–water partition coefficient (Wildman–Crippen LogP) is 1.47. The summed E-state index contributed by atoms with van der Waals surface area (Å²) in [5.41, 5.74) is 2.66. The number of hydrogen-bond acceptors (Lipinski definition) is 2. The van der Waals surface area contributed by atoms with Crippen molar-refractivity contribution < 1.29 is 0 Å². The molecule has 1 atom stereocenters. The van der Waals surface area contributed by atoms with Crippen molar-refractivity contribution in [1.29, 1.82) is 0 Å². The fourth-order valence-electron chi connectivity index (χ4n) is 0.740. The lowest BCUT2D eigenvalue weighted by molar-refractivity contribution is 0.482. The van der Waals surface area contributed by atoms with E-state index in [0.717, 1.165) is 6.42 Å². The fourth-order valence-corrected chi connectivity index (χ4v) is 0.740. The van der Waals surface area contributed by atoms with Crippen LogP contribution in [0.2, 0.25) is 0 Å². The lowest BCUT2D eigenvalue weighted by atomic mass is 10.0. The van der Waals surface area contributed by atoms with Crippen LogP contribution in [0.1, 0.15) is 20.3 Å². The Balaban J connectivity index is 0. The molecule has 0 aromatic carbocycles. The van der Waals surface area contributed by atoms with E-state index in [2.05, 4.69) is 25.9 Å². The quantitative estimate of drug-likeness (QED) is 0.375. The molecule has 0 bridgehead atoms. The first-order chi connectivity index (χ1) is 4.20. The predicted molar refractivity (Wildman–Crippen MR) is 48.0 cm³/mol. The van der Waals surface area contributed by atoms with Gasteiger partial charge in [0.1, 0.15) is 0 Å². The molecule has 1 unspecified atom stereocenters. The second kappa shape index (κ2) is 7.06. The summed E-state index contributed by atoms with van der Waals surface area (Å²) >= 11 is 0. The highest BCUT2D eigenvalue weighted by Gasteiger charge is 2.02. The summed E-state index contributed by atoms with van der Waals surface area (Å²) in [6.07, 6.45) is 2.89. The van der Waals surface area contributed by atoms with Crippen LogP contribution in [0, 0.1) is 5.92 Å². The molecule has 0 aromatic heterocycles. The van der Waals surface area contributed by atoms with Gasteiger partial charge >= 0.3 is 0 Å². The second-order valence-electron chi connectivity index (χ2n) is 2.64. The number of nitrogens with one attached hydrogen (secondary N) is 1. The SMILES string of the molecule is C=CC(CC(C)C)NN.Cl. The number of hydrogen-bond donors (Lipinski definition) is 2. The zero-order valence-corrected chi connectivity index (χ0v) is 7.45. The minimum absolute atomic E-state index is 0. The third kappa shape index (κ3) is 6.08. The van der Waals surface area contributed by atoms with E-state index in [1.54, 1.807) is 0 Å². The van der Waals surface area contributed by atoms with Gasteiger partial charge < -0.3 is 0 Å². The van der Waals surface area contributed by atoms with Crippen molar-refractivity contribution in [3.63, 3.8) is 0 Å². The Bertz CT molecular complexity index is 83.7. The van der Waals surface area contributed by atoms with Gasteiger partial charge in [-0.25, -0.2) is 0 Å². The molecule has 0 saturated carbocycles. The van der Waals surface area contributed by atoms with Gasteiger partial charge in [0.2, 0.25) is 0 Å². The highest BCUT2D eigenvalue weighted by molar-refractivity contribution is 5.85. The van der Waals surface area contributed by atoms with Gasteiger partial charge in [-0.3, -0.25) is 11.3 Å². The van der Waals surface area contributed by atoms with E-state index in [1.807, 2.05) is 6.08 Å². The molecule has 0 heterocycles. The first-order valence-corrected chi connectivity index (χ1v) is 3.29. The smallest absolute Gasteiger partial charge is 0.0390 e. The minimum atomic E-state index is 0. The van der Waals surface area contributed by atoms with Crippen LogP contribution in [0.5, 0.6) is 0 Å². The summed E-state index contributed by atoms with van der Waals surface area (Å²) in [6, 6.07) is 0.269. The second-order valence-corrected chi connectivity index (χ2v) is 2.64. The van der Waals surface area contributed by atoms with Gasteiger partial charge in [-0.05, 0) is 12.3 Å². The molecule has 0 aliphatic carbocycles. The van der Waals surface area contributed by atoms with Crippen LogP contribution < -0.4 is 11.3 Å². The van der Waals surface area contributed by atoms with E-state index < -0.39 is 0 Å². The van der Waals surface area contributed by atoms with Crippen LogP contribution in [-0.2, 0) is 0 Å². The Morgan fingerprint density at radius 3 is 2.20 bits per heavy atom. The Hall–Kier alpha value is -0.0500. The number of halogens is 1. The van der Waals surface area contributed by atoms with Crippen LogP contribution in [0.15, 0.2) is 12.7 Å². The summed E-state index contributed by atoms with van der Waals surface area (Å²) in [5, 5.41) is 0. The molecule has 0 spiro atoms. The molecule has 3 heteroatoms. The van der Waals surface area contributed by atoms with Gasteiger partial charge in [0.05, 0.1) is 0 Å². The largest absolute Gasteiger partial charge is 0.271 e. The van der Waals surface area contributed by atoms with Crippen LogP contribution in [0.4, 0.5) is 0 Å². The average molecular weight is 165 g/mol. The Morgan fingerprint density at radius 2 is 2.10 bits per heavy atom. The van der Waals surface area contributed by atoms with Gasteiger partial charge in [0.15, 0.2) is 0 Å². The third-order valence-electron chi connectivity index (χ3n) is 1.22. The number of hydrazine groups is 1. The van der Waals surface area contributed by atoms with E-state index in [-0.39, 0.29) is 18.4 Å². The normalized spacial score (nSPS) is 12.4. The molecule has 0 fully saturated rings. The van der Waals surface area contributed by atoms with Gasteiger partial charge in [-0.2, -0.15) is 0 Å². The zero-order valence-electron chi connectivity index (χ0n) is 6.63. The molecule has 0 rings (SSSR count). The third-order valence-corrected chi connectivity index (χ3v) is 1.22. The van der Waals surface area contributed by atoms with Crippen molar-refractivity contribution in [3.8, 4) is 0 Å². The maximum Gasteiger partial charge on any atom is 0.0390 e. The number of nitrogens with two attached hydrogens (primary N) is 1. The molecular formula is C7H17ClN2. The van der Waals surface area contributed by atoms with Crippen molar-refractivity contribution in [3.05, 3.63) is 12.7 Å². The van der Waals surface area contributed by atoms with Crippen molar-refractivity contribution in [1.82, 2.24) is 5.43 Å². The molecule has 0 aliphatic rings. The molecule has 0 aliphatic heterocycles.